The molecule has 0 bridgehead atoms. The van der Waals surface area contributed by atoms with Gasteiger partial charge in [-0.05, 0) is 23.8 Å². The molecule has 0 saturated heterocycles. The summed E-state index contributed by atoms with van der Waals surface area (Å²) >= 11 is 0. The van der Waals surface area contributed by atoms with Crippen LogP contribution < -0.4 is 15.4 Å². The maximum absolute atomic E-state index is 13.8. The quantitative estimate of drug-likeness (QED) is 0.628. The number of hydrogen-bond donors (Lipinski definition) is 2. The topological polar surface area (TPSA) is 50.4 Å². The second-order valence-electron chi connectivity index (χ2n) is 6.12. The standard InChI is InChI=1S/C22H20F2N2O2/c23-18-11-5-4-10-17(18)14-25-22(27)26-20(16-8-2-1-3-9-16)15-28-21-13-7-6-12-19(21)24/h1-13,20H,14-15H2,(H2,25,26,27). The number of ether oxygens (including phenoxy) is 1. The zero-order chi connectivity index (χ0) is 19.8. The van der Waals surface area contributed by atoms with E-state index in [0.29, 0.717) is 5.56 Å². The maximum Gasteiger partial charge on any atom is 0.315 e. The number of amides is 2. The van der Waals surface area contributed by atoms with E-state index in [4.69, 9.17) is 4.74 Å². The van der Waals surface area contributed by atoms with Gasteiger partial charge in [-0.2, -0.15) is 0 Å². The van der Waals surface area contributed by atoms with E-state index >= 15 is 0 Å². The highest BCUT2D eigenvalue weighted by atomic mass is 19.1. The summed E-state index contributed by atoms with van der Waals surface area (Å²) in [5.74, 6) is -0.749. The number of rotatable bonds is 7. The summed E-state index contributed by atoms with van der Waals surface area (Å²) in [7, 11) is 0. The summed E-state index contributed by atoms with van der Waals surface area (Å²) in [5.41, 5.74) is 1.19. The monoisotopic (exact) mass is 382 g/mol. The largest absolute Gasteiger partial charge is 0.488 e. The number of halogens is 2. The van der Waals surface area contributed by atoms with E-state index in [2.05, 4.69) is 10.6 Å². The van der Waals surface area contributed by atoms with Crippen LogP contribution in [0.5, 0.6) is 5.75 Å². The Morgan fingerprint density at radius 2 is 1.50 bits per heavy atom. The molecule has 144 valence electrons. The van der Waals surface area contributed by atoms with Crippen LogP contribution >= 0.6 is 0 Å². The third-order valence-electron chi connectivity index (χ3n) is 4.15. The number of benzene rings is 3. The maximum atomic E-state index is 13.8. The van der Waals surface area contributed by atoms with Gasteiger partial charge < -0.3 is 15.4 Å². The predicted octanol–water partition coefficient (Wildman–Crippen LogP) is 4.58. The van der Waals surface area contributed by atoms with Gasteiger partial charge in [-0.3, -0.25) is 0 Å². The van der Waals surface area contributed by atoms with Crippen molar-refractivity contribution in [3.63, 3.8) is 0 Å². The lowest BCUT2D eigenvalue weighted by Crippen LogP contribution is -2.39. The van der Waals surface area contributed by atoms with Gasteiger partial charge in [-0.25, -0.2) is 13.6 Å². The zero-order valence-corrected chi connectivity index (χ0v) is 15.1. The summed E-state index contributed by atoms with van der Waals surface area (Å²) in [5, 5.41) is 5.42. The molecule has 0 spiro atoms. The molecule has 1 unspecified atom stereocenters. The minimum absolute atomic E-state index is 0.0397. The summed E-state index contributed by atoms with van der Waals surface area (Å²) in [6, 6.07) is 20.5. The van der Waals surface area contributed by atoms with Crippen LogP contribution in [0.1, 0.15) is 17.2 Å². The molecule has 0 aromatic heterocycles. The van der Waals surface area contributed by atoms with Crippen LogP contribution in [-0.4, -0.2) is 12.6 Å². The predicted molar refractivity (Wildman–Crippen MR) is 103 cm³/mol. The number of carbonyl (C=O) groups excluding carboxylic acids is 1. The highest BCUT2D eigenvalue weighted by molar-refractivity contribution is 5.74. The van der Waals surface area contributed by atoms with Crippen molar-refractivity contribution in [1.82, 2.24) is 10.6 Å². The molecule has 0 fully saturated rings. The molecule has 2 amide bonds. The number of hydrogen-bond acceptors (Lipinski definition) is 2. The normalized spacial score (nSPS) is 11.5. The number of carbonyl (C=O) groups is 1. The lowest BCUT2D eigenvalue weighted by molar-refractivity contribution is 0.221. The molecule has 6 heteroatoms. The Kier molecular flexibility index (Phi) is 6.57. The Bertz CT molecular complexity index is 919. The Labute approximate surface area is 162 Å². The number of nitrogens with one attached hydrogen (secondary N) is 2. The Balaban J connectivity index is 1.64. The smallest absolute Gasteiger partial charge is 0.315 e. The molecule has 0 aliphatic heterocycles. The third kappa shape index (κ3) is 5.30. The van der Waals surface area contributed by atoms with E-state index < -0.39 is 17.9 Å². The Morgan fingerprint density at radius 1 is 0.857 bits per heavy atom. The number of urea groups is 1. The molecule has 0 heterocycles. The van der Waals surface area contributed by atoms with Gasteiger partial charge in [0.2, 0.25) is 0 Å². The first-order valence-electron chi connectivity index (χ1n) is 8.83. The van der Waals surface area contributed by atoms with Crippen LogP contribution in [0.25, 0.3) is 0 Å². The molecule has 0 aliphatic rings. The van der Waals surface area contributed by atoms with E-state index in [9.17, 15) is 13.6 Å². The first kappa shape index (κ1) is 19.4. The summed E-state index contributed by atoms with van der Waals surface area (Å²) in [6.07, 6.45) is 0. The molecule has 1 atom stereocenters. The van der Waals surface area contributed by atoms with Gasteiger partial charge >= 0.3 is 6.03 Å². The van der Waals surface area contributed by atoms with Crippen molar-refractivity contribution < 1.29 is 18.3 Å². The molecule has 0 aliphatic carbocycles. The number of para-hydroxylation sites is 1. The lowest BCUT2D eigenvalue weighted by Gasteiger charge is -2.20. The van der Waals surface area contributed by atoms with Crippen molar-refractivity contribution >= 4 is 6.03 Å². The van der Waals surface area contributed by atoms with E-state index in [-0.39, 0.29) is 24.7 Å². The molecule has 3 rings (SSSR count). The van der Waals surface area contributed by atoms with Crippen molar-refractivity contribution in [2.45, 2.75) is 12.6 Å². The summed E-state index contributed by atoms with van der Waals surface area (Å²) < 4.78 is 33.0. The van der Waals surface area contributed by atoms with Crippen molar-refractivity contribution in [1.29, 1.82) is 0 Å². The van der Waals surface area contributed by atoms with Gasteiger partial charge in [0.05, 0.1) is 6.04 Å². The van der Waals surface area contributed by atoms with Gasteiger partial charge in [0.1, 0.15) is 12.4 Å². The van der Waals surface area contributed by atoms with Crippen LogP contribution in [0.2, 0.25) is 0 Å². The molecule has 28 heavy (non-hydrogen) atoms. The van der Waals surface area contributed by atoms with Crippen LogP contribution in [0.3, 0.4) is 0 Å². The summed E-state index contributed by atoms with van der Waals surface area (Å²) in [6.45, 7) is 0.0895. The lowest BCUT2D eigenvalue weighted by atomic mass is 10.1. The molecule has 3 aromatic carbocycles. The Morgan fingerprint density at radius 3 is 2.21 bits per heavy atom. The van der Waals surface area contributed by atoms with Gasteiger partial charge in [-0.15, -0.1) is 0 Å². The van der Waals surface area contributed by atoms with Gasteiger partial charge in [-0.1, -0.05) is 60.7 Å². The molecule has 0 saturated carbocycles. The van der Waals surface area contributed by atoms with E-state index in [1.165, 1.54) is 18.2 Å². The highest BCUT2D eigenvalue weighted by Gasteiger charge is 2.16. The third-order valence-corrected chi connectivity index (χ3v) is 4.15. The highest BCUT2D eigenvalue weighted by Crippen LogP contribution is 2.19. The van der Waals surface area contributed by atoms with Crippen LogP contribution in [0.15, 0.2) is 78.9 Å². The molecule has 4 nitrogen and oxygen atoms in total. The molecular weight excluding hydrogens is 362 g/mol. The summed E-state index contributed by atoms with van der Waals surface area (Å²) in [4.78, 5) is 12.3. The van der Waals surface area contributed by atoms with Crippen LogP contribution in [-0.2, 0) is 6.54 Å². The molecule has 3 aromatic rings. The average molecular weight is 382 g/mol. The fourth-order valence-corrected chi connectivity index (χ4v) is 2.67. The fraction of sp³-hybridized carbons (Fsp3) is 0.136. The van der Waals surface area contributed by atoms with E-state index in [0.717, 1.165) is 5.56 Å². The van der Waals surface area contributed by atoms with Crippen molar-refractivity contribution in [2.24, 2.45) is 0 Å². The second kappa shape index (κ2) is 9.50. The molecule has 2 N–H and O–H groups in total. The molecular formula is C22H20F2N2O2. The zero-order valence-electron chi connectivity index (χ0n) is 15.1. The van der Waals surface area contributed by atoms with Crippen molar-refractivity contribution in [3.8, 4) is 5.75 Å². The van der Waals surface area contributed by atoms with Crippen LogP contribution in [0.4, 0.5) is 13.6 Å². The first-order valence-corrected chi connectivity index (χ1v) is 8.83. The minimum atomic E-state index is -0.513. The fourth-order valence-electron chi connectivity index (χ4n) is 2.67. The van der Waals surface area contributed by atoms with Crippen molar-refractivity contribution in [3.05, 3.63) is 102 Å². The molecule has 0 radical (unpaired) electrons. The Hall–Kier alpha value is -3.41. The van der Waals surface area contributed by atoms with Crippen LogP contribution in [0, 0.1) is 11.6 Å². The van der Waals surface area contributed by atoms with Crippen molar-refractivity contribution in [2.75, 3.05) is 6.61 Å². The first-order chi connectivity index (χ1) is 13.6. The van der Waals surface area contributed by atoms with Gasteiger partial charge in [0.15, 0.2) is 11.6 Å². The van der Waals surface area contributed by atoms with Gasteiger partial charge in [0.25, 0.3) is 0 Å². The van der Waals surface area contributed by atoms with Gasteiger partial charge in [0, 0.05) is 12.1 Å². The van der Waals surface area contributed by atoms with E-state index in [1.807, 2.05) is 30.3 Å². The SMILES string of the molecule is O=C(NCc1ccccc1F)NC(COc1ccccc1F)c1ccccc1. The van der Waals surface area contributed by atoms with E-state index in [1.54, 1.807) is 30.3 Å². The minimum Gasteiger partial charge on any atom is -0.488 e. The average Bonchev–Trinajstić information content (AvgIpc) is 2.72. The second-order valence-corrected chi connectivity index (χ2v) is 6.12.